The Morgan fingerprint density at radius 1 is 1.12 bits per heavy atom. The Balaban J connectivity index is 1.33. The lowest BCUT2D eigenvalue weighted by atomic mass is 9.95. The van der Waals surface area contributed by atoms with Gasteiger partial charge in [0, 0.05) is 38.4 Å². The van der Waals surface area contributed by atoms with E-state index >= 15 is 0 Å². The highest BCUT2D eigenvalue weighted by molar-refractivity contribution is 5.54. The lowest BCUT2D eigenvalue weighted by Crippen LogP contribution is -2.44. The van der Waals surface area contributed by atoms with Crippen molar-refractivity contribution in [2.75, 3.05) is 31.1 Å². The van der Waals surface area contributed by atoms with E-state index in [9.17, 15) is 0 Å². The predicted octanol–water partition coefficient (Wildman–Crippen LogP) is 2.75. The highest BCUT2D eigenvalue weighted by Crippen LogP contribution is 2.35. The number of rotatable bonds is 4. The summed E-state index contributed by atoms with van der Waals surface area (Å²) in [5, 5.41) is 3.85. The number of anilines is 1. The predicted molar refractivity (Wildman–Crippen MR) is 95.3 cm³/mol. The van der Waals surface area contributed by atoms with Crippen molar-refractivity contribution < 1.29 is 4.52 Å². The molecule has 2 unspecified atom stereocenters. The second-order valence-corrected chi connectivity index (χ2v) is 7.95. The molecule has 132 valence electrons. The summed E-state index contributed by atoms with van der Waals surface area (Å²) in [6.45, 7) is 6.66. The summed E-state index contributed by atoms with van der Waals surface area (Å²) in [6.07, 6.45) is 7.44. The molecular formula is C19H25N5O. The topological polar surface area (TPSA) is 58.3 Å². The molecular weight excluding hydrogens is 314 g/mol. The molecule has 0 spiro atoms. The fourth-order valence-corrected chi connectivity index (χ4v) is 4.34. The third kappa shape index (κ3) is 3.15. The van der Waals surface area contributed by atoms with Gasteiger partial charge < -0.3 is 9.42 Å². The number of hydrogen-bond acceptors (Lipinski definition) is 6. The second-order valence-electron chi connectivity index (χ2n) is 7.95. The van der Waals surface area contributed by atoms with Gasteiger partial charge in [-0.15, -0.1) is 0 Å². The first-order valence-electron chi connectivity index (χ1n) is 9.50. The Hall–Kier alpha value is -1.95. The molecule has 0 N–H and O–H groups in total. The zero-order valence-corrected chi connectivity index (χ0v) is 14.8. The average molecular weight is 339 g/mol. The first kappa shape index (κ1) is 15.3. The van der Waals surface area contributed by atoms with Gasteiger partial charge in [0.1, 0.15) is 5.82 Å². The van der Waals surface area contributed by atoms with Crippen LogP contribution in [0.25, 0.3) is 11.5 Å². The van der Waals surface area contributed by atoms with E-state index in [1.165, 1.54) is 38.8 Å². The number of pyridine rings is 1. The molecule has 5 heterocycles. The Bertz CT molecular complexity index is 739. The molecule has 4 aliphatic rings. The summed E-state index contributed by atoms with van der Waals surface area (Å²) >= 11 is 0. The van der Waals surface area contributed by atoms with E-state index in [1.54, 1.807) is 0 Å². The summed E-state index contributed by atoms with van der Waals surface area (Å²) < 4.78 is 5.24. The van der Waals surface area contributed by atoms with Crippen LogP contribution in [0.1, 0.15) is 31.5 Å². The van der Waals surface area contributed by atoms with Crippen LogP contribution >= 0.6 is 0 Å². The van der Waals surface area contributed by atoms with Crippen molar-refractivity contribution in [1.29, 1.82) is 0 Å². The van der Waals surface area contributed by atoms with E-state index in [0.717, 1.165) is 36.3 Å². The molecule has 0 amide bonds. The van der Waals surface area contributed by atoms with Gasteiger partial charge in [0.25, 0.3) is 5.89 Å². The molecule has 6 heteroatoms. The fraction of sp³-hybridized carbons (Fsp3) is 0.632. The number of aryl methyl sites for hydroxylation is 1. The zero-order chi connectivity index (χ0) is 16.8. The Morgan fingerprint density at radius 2 is 2.04 bits per heavy atom. The number of fused-ring (bicyclic) bond motifs is 4. The molecule has 6 nitrogen and oxygen atoms in total. The van der Waals surface area contributed by atoms with Gasteiger partial charge in [0.2, 0.25) is 0 Å². The van der Waals surface area contributed by atoms with Gasteiger partial charge in [-0.25, -0.2) is 4.98 Å². The summed E-state index contributed by atoms with van der Waals surface area (Å²) in [5.41, 5.74) is 0.887. The molecule has 4 fully saturated rings. The Labute approximate surface area is 148 Å². The highest BCUT2D eigenvalue weighted by Gasteiger charge is 2.37. The molecule has 0 radical (unpaired) electrons. The number of piperidine rings is 1. The van der Waals surface area contributed by atoms with Crippen LogP contribution in [0.2, 0.25) is 0 Å². The third-order valence-corrected chi connectivity index (χ3v) is 5.86. The lowest BCUT2D eigenvalue weighted by molar-refractivity contribution is 0.128. The third-order valence-electron chi connectivity index (χ3n) is 5.86. The first-order valence-corrected chi connectivity index (χ1v) is 9.50. The quantitative estimate of drug-likeness (QED) is 0.854. The van der Waals surface area contributed by atoms with Gasteiger partial charge in [-0.05, 0) is 56.6 Å². The van der Waals surface area contributed by atoms with Gasteiger partial charge >= 0.3 is 0 Å². The minimum atomic E-state index is 0.545. The summed E-state index contributed by atoms with van der Waals surface area (Å²) in [4.78, 5) is 14.2. The van der Waals surface area contributed by atoms with Crippen LogP contribution in [0.5, 0.6) is 0 Å². The Kier molecular flexibility index (Phi) is 3.73. The van der Waals surface area contributed by atoms with Crippen molar-refractivity contribution in [3.63, 3.8) is 0 Å². The van der Waals surface area contributed by atoms with Crippen LogP contribution in [0.15, 0.2) is 22.9 Å². The van der Waals surface area contributed by atoms with Gasteiger partial charge in [-0.2, -0.15) is 4.98 Å². The summed E-state index contributed by atoms with van der Waals surface area (Å²) in [7, 11) is 0. The molecule has 2 aromatic heterocycles. The van der Waals surface area contributed by atoms with Crippen LogP contribution in [-0.4, -0.2) is 52.2 Å². The van der Waals surface area contributed by atoms with Crippen molar-refractivity contribution in [1.82, 2.24) is 20.0 Å². The van der Waals surface area contributed by atoms with Crippen LogP contribution in [0.4, 0.5) is 5.82 Å². The van der Waals surface area contributed by atoms with E-state index in [-0.39, 0.29) is 0 Å². The average Bonchev–Trinajstić information content (AvgIpc) is 3.40. The monoisotopic (exact) mass is 339 g/mol. The molecule has 1 aliphatic carbocycles. The van der Waals surface area contributed by atoms with Crippen LogP contribution in [-0.2, 0) is 0 Å². The second kappa shape index (κ2) is 6.09. The normalized spacial score (nSPS) is 26.8. The van der Waals surface area contributed by atoms with Crippen molar-refractivity contribution in [2.24, 2.45) is 11.8 Å². The molecule has 2 bridgehead atoms. The molecule has 3 aliphatic heterocycles. The number of nitrogens with zero attached hydrogens (tertiary/aromatic N) is 5. The molecule has 0 aromatic carbocycles. The van der Waals surface area contributed by atoms with E-state index in [4.69, 9.17) is 9.51 Å². The maximum absolute atomic E-state index is 5.24. The minimum Gasteiger partial charge on any atom is -0.355 e. The first-order chi connectivity index (χ1) is 12.2. The SMILES string of the molecule is Cc1noc(-c2ccc(N3CC4CCC(C3)N(CC3CC3)C4)nc2)n1. The number of aromatic nitrogens is 3. The zero-order valence-electron chi connectivity index (χ0n) is 14.8. The van der Waals surface area contributed by atoms with Crippen molar-refractivity contribution >= 4 is 5.82 Å². The fourth-order valence-electron chi connectivity index (χ4n) is 4.34. The van der Waals surface area contributed by atoms with E-state index in [2.05, 4.69) is 26.0 Å². The van der Waals surface area contributed by atoms with Crippen molar-refractivity contribution in [3.05, 3.63) is 24.2 Å². The van der Waals surface area contributed by atoms with E-state index in [1.807, 2.05) is 19.2 Å². The molecule has 2 aromatic rings. The molecule has 3 saturated heterocycles. The molecule has 1 saturated carbocycles. The van der Waals surface area contributed by atoms with E-state index in [0.29, 0.717) is 17.8 Å². The van der Waals surface area contributed by atoms with Gasteiger partial charge in [-0.3, -0.25) is 4.90 Å². The smallest absolute Gasteiger partial charge is 0.259 e. The van der Waals surface area contributed by atoms with Crippen LogP contribution in [0, 0.1) is 18.8 Å². The molecule has 6 rings (SSSR count). The molecule has 2 atom stereocenters. The van der Waals surface area contributed by atoms with E-state index < -0.39 is 0 Å². The largest absolute Gasteiger partial charge is 0.355 e. The van der Waals surface area contributed by atoms with Gasteiger partial charge in [0.15, 0.2) is 5.82 Å². The maximum Gasteiger partial charge on any atom is 0.259 e. The Morgan fingerprint density at radius 3 is 2.76 bits per heavy atom. The van der Waals surface area contributed by atoms with Crippen molar-refractivity contribution in [3.8, 4) is 11.5 Å². The molecule has 25 heavy (non-hydrogen) atoms. The summed E-state index contributed by atoms with van der Waals surface area (Å²) in [6, 6.07) is 4.84. The van der Waals surface area contributed by atoms with Crippen LogP contribution in [0.3, 0.4) is 0 Å². The van der Waals surface area contributed by atoms with Crippen LogP contribution < -0.4 is 4.90 Å². The van der Waals surface area contributed by atoms with Gasteiger partial charge in [-0.1, -0.05) is 5.16 Å². The standard InChI is InChI=1S/C19H25N5O/c1-13-21-19(25-22-13)16-5-7-18(20-8-16)24-11-15-4-6-17(12-24)23(10-15)9-14-2-3-14/h5,7-8,14-15,17H,2-4,6,9-12H2,1H3. The number of hydrogen-bond donors (Lipinski definition) is 0. The van der Waals surface area contributed by atoms with Gasteiger partial charge in [0.05, 0.1) is 5.56 Å². The minimum absolute atomic E-state index is 0.545. The van der Waals surface area contributed by atoms with Crippen molar-refractivity contribution in [2.45, 2.75) is 38.6 Å². The highest BCUT2D eigenvalue weighted by atomic mass is 16.5. The summed E-state index contributed by atoms with van der Waals surface area (Å²) in [5.74, 6) is 4.02. The lowest BCUT2D eigenvalue weighted by Gasteiger charge is -2.36. The maximum atomic E-state index is 5.24.